The highest BCUT2D eigenvalue weighted by Crippen LogP contribution is 2.15. The minimum absolute atomic E-state index is 0.0594. The molecule has 0 aliphatic heterocycles. The van der Waals surface area contributed by atoms with Gasteiger partial charge in [0.2, 0.25) is 0 Å². The highest BCUT2D eigenvalue weighted by atomic mass is 16.6. The third kappa shape index (κ3) is 5.39. The maximum atomic E-state index is 12.2. The van der Waals surface area contributed by atoms with Crippen LogP contribution in [0.1, 0.15) is 26.3 Å². The molecule has 0 spiro atoms. The van der Waals surface area contributed by atoms with Crippen molar-refractivity contribution in [2.45, 2.75) is 6.61 Å². The number of benzene rings is 3. The van der Waals surface area contributed by atoms with Crippen molar-refractivity contribution in [3.05, 3.63) is 106 Å². The van der Waals surface area contributed by atoms with Gasteiger partial charge in [-0.05, 0) is 35.9 Å². The van der Waals surface area contributed by atoms with Crippen molar-refractivity contribution in [1.82, 2.24) is 10.9 Å². The van der Waals surface area contributed by atoms with Crippen LogP contribution in [0.15, 0.2) is 78.9 Å². The second-order valence-corrected chi connectivity index (χ2v) is 6.01. The van der Waals surface area contributed by atoms with E-state index >= 15 is 0 Å². The van der Waals surface area contributed by atoms with E-state index in [4.69, 9.17) is 4.74 Å². The van der Waals surface area contributed by atoms with E-state index in [0.29, 0.717) is 17.9 Å². The highest BCUT2D eigenvalue weighted by molar-refractivity contribution is 5.99. The van der Waals surface area contributed by atoms with Gasteiger partial charge in [-0.15, -0.1) is 0 Å². The predicted molar refractivity (Wildman–Crippen MR) is 105 cm³/mol. The summed E-state index contributed by atoms with van der Waals surface area (Å²) in [6.07, 6.45) is 0. The second kappa shape index (κ2) is 9.14. The van der Waals surface area contributed by atoms with Crippen LogP contribution in [0.5, 0.6) is 5.75 Å². The highest BCUT2D eigenvalue weighted by Gasteiger charge is 2.13. The Balaban J connectivity index is 1.53. The average molecular weight is 391 g/mol. The molecular weight excluding hydrogens is 374 g/mol. The molecule has 0 bridgehead atoms. The van der Waals surface area contributed by atoms with Crippen LogP contribution in [0.3, 0.4) is 0 Å². The Kier molecular flexibility index (Phi) is 6.16. The average Bonchev–Trinajstić information content (AvgIpc) is 2.77. The zero-order chi connectivity index (χ0) is 20.6. The predicted octanol–water partition coefficient (Wildman–Crippen LogP) is 3.25. The first-order valence-electron chi connectivity index (χ1n) is 8.65. The summed E-state index contributed by atoms with van der Waals surface area (Å²) in [5.74, 6) is -0.589. The lowest BCUT2D eigenvalue weighted by Crippen LogP contribution is -2.41. The van der Waals surface area contributed by atoms with Gasteiger partial charge in [-0.2, -0.15) is 0 Å². The van der Waals surface area contributed by atoms with E-state index < -0.39 is 16.7 Å². The lowest BCUT2D eigenvalue weighted by Gasteiger charge is -2.09. The largest absolute Gasteiger partial charge is 0.489 e. The number of carbonyl (C=O) groups excluding carboxylic acids is 2. The van der Waals surface area contributed by atoms with E-state index in [-0.39, 0.29) is 11.3 Å². The van der Waals surface area contributed by atoms with Crippen LogP contribution in [0, 0.1) is 10.1 Å². The molecule has 8 nitrogen and oxygen atoms in total. The van der Waals surface area contributed by atoms with E-state index in [9.17, 15) is 19.7 Å². The number of amides is 2. The van der Waals surface area contributed by atoms with Gasteiger partial charge in [0.1, 0.15) is 12.4 Å². The number of rotatable bonds is 6. The summed E-state index contributed by atoms with van der Waals surface area (Å²) in [5, 5.41) is 10.8. The molecule has 0 aromatic heterocycles. The number of nitro benzene ring substituents is 1. The topological polar surface area (TPSA) is 111 Å². The minimum atomic E-state index is -0.662. The molecular formula is C21H17N3O5. The van der Waals surface area contributed by atoms with Gasteiger partial charge in [0.15, 0.2) is 0 Å². The molecule has 3 rings (SSSR count). The summed E-state index contributed by atoms with van der Waals surface area (Å²) in [7, 11) is 0. The molecule has 29 heavy (non-hydrogen) atoms. The number of non-ortho nitro benzene ring substituents is 1. The summed E-state index contributed by atoms with van der Waals surface area (Å²) < 4.78 is 5.66. The standard InChI is InChI=1S/C21H17N3O5/c25-20(22-23-21(26)17-7-4-8-18(13-17)24(27)28)16-9-11-19(12-10-16)29-14-15-5-2-1-3-6-15/h1-13H,14H2,(H,22,25)(H,23,26). The zero-order valence-corrected chi connectivity index (χ0v) is 15.2. The molecule has 0 radical (unpaired) electrons. The summed E-state index contributed by atoms with van der Waals surface area (Å²) in [6, 6.07) is 21.3. The van der Waals surface area contributed by atoms with Crippen molar-refractivity contribution in [1.29, 1.82) is 0 Å². The fraction of sp³-hybridized carbons (Fsp3) is 0.0476. The summed E-state index contributed by atoms with van der Waals surface area (Å²) in [6.45, 7) is 0.408. The Labute approximate surface area is 166 Å². The van der Waals surface area contributed by atoms with E-state index in [1.165, 1.54) is 18.2 Å². The number of ether oxygens (including phenoxy) is 1. The summed E-state index contributed by atoms with van der Waals surface area (Å²) >= 11 is 0. The summed E-state index contributed by atoms with van der Waals surface area (Å²) in [5.41, 5.74) is 5.70. The molecule has 0 heterocycles. The third-order valence-electron chi connectivity index (χ3n) is 3.97. The Morgan fingerprint density at radius 2 is 1.48 bits per heavy atom. The SMILES string of the molecule is O=C(NNC(=O)c1cccc([N+](=O)[O-])c1)c1ccc(OCc2ccccc2)cc1. The number of nitro groups is 1. The van der Waals surface area contributed by atoms with Crippen molar-refractivity contribution in [2.75, 3.05) is 0 Å². The molecule has 0 saturated heterocycles. The number of nitrogens with zero attached hydrogens (tertiary/aromatic N) is 1. The number of hydrazine groups is 1. The number of nitrogens with one attached hydrogen (secondary N) is 2. The maximum Gasteiger partial charge on any atom is 0.270 e. The van der Waals surface area contributed by atoms with E-state index in [1.54, 1.807) is 24.3 Å². The maximum absolute atomic E-state index is 12.2. The van der Waals surface area contributed by atoms with Gasteiger partial charge in [-0.25, -0.2) is 0 Å². The van der Waals surface area contributed by atoms with Crippen molar-refractivity contribution in [2.24, 2.45) is 0 Å². The molecule has 3 aromatic carbocycles. The molecule has 3 aromatic rings. The fourth-order valence-electron chi connectivity index (χ4n) is 2.46. The molecule has 8 heteroatoms. The van der Waals surface area contributed by atoms with E-state index in [0.717, 1.165) is 11.6 Å². The third-order valence-corrected chi connectivity index (χ3v) is 3.97. The van der Waals surface area contributed by atoms with Crippen molar-refractivity contribution in [3.63, 3.8) is 0 Å². The van der Waals surface area contributed by atoms with Crippen molar-refractivity contribution >= 4 is 17.5 Å². The molecule has 0 fully saturated rings. The first kappa shape index (κ1) is 19.6. The Hall–Kier alpha value is -4.20. The van der Waals surface area contributed by atoms with Gasteiger partial charge in [-0.1, -0.05) is 36.4 Å². The van der Waals surface area contributed by atoms with Gasteiger partial charge in [0, 0.05) is 23.3 Å². The first-order valence-corrected chi connectivity index (χ1v) is 8.65. The van der Waals surface area contributed by atoms with Crippen LogP contribution < -0.4 is 15.6 Å². The number of carbonyl (C=O) groups is 2. The molecule has 2 amide bonds. The molecule has 0 unspecified atom stereocenters. The lowest BCUT2D eigenvalue weighted by molar-refractivity contribution is -0.384. The van der Waals surface area contributed by atoms with Crippen molar-refractivity contribution in [3.8, 4) is 5.75 Å². The van der Waals surface area contributed by atoms with Gasteiger partial charge >= 0.3 is 0 Å². The molecule has 0 aliphatic carbocycles. The zero-order valence-electron chi connectivity index (χ0n) is 15.2. The molecule has 146 valence electrons. The van der Waals surface area contributed by atoms with Gasteiger partial charge in [0.05, 0.1) is 4.92 Å². The second-order valence-electron chi connectivity index (χ2n) is 6.01. The van der Waals surface area contributed by atoms with Crippen LogP contribution in [-0.4, -0.2) is 16.7 Å². The van der Waals surface area contributed by atoms with Crippen LogP contribution >= 0.6 is 0 Å². The lowest BCUT2D eigenvalue weighted by atomic mass is 10.2. The van der Waals surface area contributed by atoms with Crippen LogP contribution in [0.25, 0.3) is 0 Å². The van der Waals surface area contributed by atoms with Crippen LogP contribution in [0.2, 0.25) is 0 Å². The molecule has 0 aliphatic rings. The number of hydrogen-bond acceptors (Lipinski definition) is 5. The monoisotopic (exact) mass is 391 g/mol. The van der Waals surface area contributed by atoms with Crippen LogP contribution in [0.4, 0.5) is 5.69 Å². The molecule has 0 saturated carbocycles. The van der Waals surface area contributed by atoms with Gasteiger partial charge < -0.3 is 4.74 Å². The Morgan fingerprint density at radius 3 is 2.14 bits per heavy atom. The quantitative estimate of drug-likeness (QED) is 0.495. The van der Waals surface area contributed by atoms with Gasteiger partial charge in [0.25, 0.3) is 17.5 Å². The first-order chi connectivity index (χ1) is 14.0. The smallest absolute Gasteiger partial charge is 0.270 e. The van der Waals surface area contributed by atoms with Crippen LogP contribution in [-0.2, 0) is 6.61 Å². The Morgan fingerprint density at radius 1 is 0.828 bits per heavy atom. The molecule has 0 atom stereocenters. The minimum Gasteiger partial charge on any atom is -0.489 e. The van der Waals surface area contributed by atoms with Crippen molar-refractivity contribution < 1.29 is 19.2 Å². The summed E-state index contributed by atoms with van der Waals surface area (Å²) in [4.78, 5) is 34.4. The van der Waals surface area contributed by atoms with E-state index in [1.807, 2.05) is 30.3 Å². The number of hydrogen-bond donors (Lipinski definition) is 2. The van der Waals surface area contributed by atoms with E-state index in [2.05, 4.69) is 10.9 Å². The fourth-order valence-corrected chi connectivity index (χ4v) is 2.46. The Bertz CT molecular complexity index is 1020. The normalized spacial score (nSPS) is 10.1. The van der Waals surface area contributed by atoms with Gasteiger partial charge in [-0.3, -0.25) is 30.6 Å². The molecule has 2 N–H and O–H groups in total.